The van der Waals surface area contributed by atoms with Crippen LogP contribution in [-0.2, 0) is 6.42 Å². The van der Waals surface area contributed by atoms with Crippen molar-refractivity contribution in [1.29, 1.82) is 0 Å². The highest BCUT2D eigenvalue weighted by molar-refractivity contribution is 5.61. The minimum atomic E-state index is -1.18. The second kappa shape index (κ2) is 7.11. The number of aliphatic hydroxyl groups is 2. The van der Waals surface area contributed by atoms with Gasteiger partial charge in [0.2, 0.25) is 0 Å². The lowest BCUT2D eigenvalue weighted by atomic mass is 9.77. The number of rotatable bonds is 4. The van der Waals surface area contributed by atoms with Crippen molar-refractivity contribution in [3.05, 3.63) is 83.0 Å². The molecule has 5 rings (SSSR count). The molecule has 0 amide bonds. The van der Waals surface area contributed by atoms with E-state index in [-0.39, 0.29) is 23.8 Å². The van der Waals surface area contributed by atoms with E-state index < -0.39 is 17.5 Å². The summed E-state index contributed by atoms with van der Waals surface area (Å²) in [5.41, 5.74) is 2.57. The fourth-order valence-electron chi connectivity index (χ4n) is 4.75. The minimum absolute atomic E-state index is 0.0182. The summed E-state index contributed by atoms with van der Waals surface area (Å²) in [6, 6.07) is 8.87. The number of benzene rings is 1. The molecular formula is C23H21F2N3O2. The Hall–Kier alpha value is -2.90. The highest BCUT2D eigenvalue weighted by atomic mass is 19.1. The number of hydrogen-bond donors (Lipinski definition) is 2. The van der Waals surface area contributed by atoms with Gasteiger partial charge in [-0.3, -0.25) is 4.98 Å². The largest absolute Gasteiger partial charge is 0.389 e. The van der Waals surface area contributed by atoms with E-state index in [0.717, 1.165) is 22.5 Å². The van der Waals surface area contributed by atoms with Gasteiger partial charge in [0, 0.05) is 18.5 Å². The molecule has 3 aromatic rings. The molecule has 1 saturated carbocycles. The second-order valence-electron chi connectivity index (χ2n) is 8.11. The summed E-state index contributed by atoms with van der Waals surface area (Å²) >= 11 is 0. The fraction of sp³-hybridized carbons (Fsp3) is 0.304. The second-order valence-corrected chi connectivity index (χ2v) is 8.11. The molecule has 0 spiro atoms. The monoisotopic (exact) mass is 409 g/mol. The first kappa shape index (κ1) is 19.1. The standard InChI is InChI=1S/C23H21F2N3O2/c24-16-3-5-17(6-4-16)28-20-11-14-7-8-23(30,18(14)10-15(20)13-27-28)12-21(29)22-19(25)2-1-9-26-22/h1-6,9,11,13,18,21,29-30H,7-8,10,12H2/t18?,21?,23-/m1/s1. The molecule has 1 aromatic carbocycles. The average molecular weight is 409 g/mol. The topological polar surface area (TPSA) is 71.2 Å². The van der Waals surface area contributed by atoms with E-state index in [1.807, 2.05) is 6.08 Å². The van der Waals surface area contributed by atoms with Gasteiger partial charge >= 0.3 is 0 Å². The van der Waals surface area contributed by atoms with Gasteiger partial charge in [-0.1, -0.05) is 5.57 Å². The lowest BCUT2D eigenvalue weighted by Gasteiger charge is -2.34. The smallest absolute Gasteiger partial charge is 0.147 e. The van der Waals surface area contributed by atoms with Crippen LogP contribution in [-0.4, -0.2) is 30.6 Å². The molecule has 3 atom stereocenters. The van der Waals surface area contributed by atoms with Crippen LogP contribution in [0.2, 0.25) is 0 Å². The normalized spacial score (nSPS) is 23.6. The minimum Gasteiger partial charge on any atom is -0.389 e. The summed E-state index contributed by atoms with van der Waals surface area (Å²) in [6.07, 6.45) is 5.82. The molecule has 7 heteroatoms. The zero-order chi connectivity index (χ0) is 20.9. The van der Waals surface area contributed by atoms with Crippen molar-refractivity contribution in [2.24, 2.45) is 5.92 Å². The number of fused-ring (bicyclic) bond motifs is 2. The summed E-state index contributed by atoms with van der Waals surface area (Å²) in [5.74, 6) is -1.05. The average Bonchev–Trinajstić information content (AvgIpc) is 3.29. The molecule has 0 bridgehead atoms. The predicted octanol–water partition coefficient (Wildman–Crippen LogP) is 3.75. The van der Waals surface area contributed by atoms with Gasteiger partial charge in [-0.15, -0.1) is 0 Å². The van der Waals surface area contributed by atoms with Gasteiger partial charge in [0.15, 0.2) is 0 Å². The molecule has 0 aliphatic heterocycles. The Balaban J connectivity index is 1.42. The lowest BCUT2D eigenvalue weighted by molar-refractivity contribution is -0.0368. The molecule has 2 aliphatic carbocycles. The molecule has 2 aromatic heterocycles. The zero-order valence-electron chi connectivity index (χ0n) is 16.2. The van der Waals surface area contributed by atoms with Crippen LogP contribution >= 0.6 is 0 Å². The molecule has 0 radical (unpaired) electrons. The van der Waals surface area contributed by atoms with Crippen LogP contribution in [0.3, 0.4) is 0 Å². The maximum absolute atomic E-state index is 14.0. The third-order valence-electron chi connectivity index (χ3n) is 6.30. The molecule has 30 heavy (non-hydrogen) atoms. The fourth-order valence-corrected chi connectivity index (χ4v) is 4.75. The number of halogens is 2. The molecule has 2 aliphatic rings. The number of aliphatic hydroxyl groups excluding tert-OH is 1. The molecule has 2 unspecified atom stereocenters. The number of pyridine rings is 1. The van der Waals surface area contributed by atoms with E-state index in [1.165, 1.54) is 30.5 Å². The van der Waals surface area contributed by atoms with Crippen LogP contribution < -0.4 is 0 Å². The van der Waals surface area contributed by atoms with Gasteiger partial charge in [-0.25, -0.2) is 13.5 Å². The Morgan fingerprint density at radius 1 is 1.20 bits per heavy atom. The maximum Gasteiger partial charge on any atom is 0.147 e. The third-order valence-corrected chi connectivity index (χ3v) is 6.30. The first-order valence-electron chi connectivity index (χ1n) is 9.99. The molecule has 5 nitrogen and oxygen atoms in total. The quantitative estimate of drug-likeness (QED) is 0.689. The molecule has 2 heterocycles. The van der Waals surface area contributed by atoms with Crippen molar-refractivity contribution in [1.82, 2.24) is 14.8 Å². The van der Waals surface area contributed by atoms with Crippen molar-refractivity contribution in [3.63, 3.8) is 0 Å². The molecular weight excluding hydrogens is 388 g/mol. The van der Waals surface area contributed by atoms with Crippen LogP contribution in [0.1, 0.15) is 42.3 Å². The van der Waals surface area contributed by atoms with Crippen LogP contribution in [0.15, 0.2) is 54.4 Å². The number of nitrogens with zero attached hydrogens (tertiary/aromatic N) is 3. The van der Waals surface area contributed by atoms with Crippen LogP contribution in [0.5, 0.6) is 0 Å². The SMILES string of the molecule is OC(C[C@]1(O)CCC2=Cc3c(cnn3-c3ccc(F)cc3)CC21)c1ncccc1F. The van der Waals surface area contributed by atoms with Gasteiger partial charge in [0.1, 0.15) is 23.4 Å². The van der Waals surface area contributed by atoms with E-state index in [2.05, 4.69) is 10.1 Å². The Morgan fingerprint density at radius 3 is 2.77 bits per heavy atom. The van der Waals surface area contributed by atoms with E-state index in [9.17, 15) is 19.0 Å². The van der Waals surface area contributed by atoms with E-state index in [0.29, 0.717) is 19.3 Å². The van der Waals surface area contributed by atoms with E-state index >= 15 is 0 Å². The Kier molecular flexibility index (Phi) is 4.52. The lowest BCUT2D eigenvalue weighted by Crippen LogP contribution is -2.37. The predicted molar refractivity (Wildman–Crippen MR) is 107 cm³/mol. The van der Waals surface area contributed by atoms with Gasteiger partial charge in [0.05, 0.1) is 23.2 Å². The Bertz CT molecular complexity index is 1130. The summed E-state index contributed by atoms with van der Waals surface area (Å²) in [5, 5.41) is 26.4. The van der Waals surface area contributed by atoms with Crippen molar-refractivity contribution < 1.29 is 19.0 Å². The van der Waals surface area contributed by atoms with Crippen molar-refractivity contribution >= 4 is 6.08 Å². The van der Waals surface area contributed by atoms with Crippen molar-refractivity contribution in [2.45, 2.75) is 37.4 Å². The first-order valence-corrected chi connectivity index (χ1v) is 9.99. The highest BCUT2D eigenvalue weighted by Gasteiger charge is 2.47. The first-order chi connectivity index (χ1) is 14.4. The third kappa shape index (κ3) is 3.14. The Morgan fingerprint density at radius 2 is 2.00 bits per heavy atom. The van der Waals surface area contributed by atoms with Crippen LogP contribution in [0.25, 0.3) is 11.8 Å². The van der Waals surface area contributed by atoms with Crippen LogP contribution in [0.4, 0.5) is 8.78 Å². The zero-order valence-corrected chi connectivity index (χ0v) is 16.2. The van der Waals surface area contributed by atoms with E-state index in [1.54, 1.807) is 23.0 Å². The summed E-state index contributed by atoms with van der Waals surface area (Å²) < 4.78 is 29.0. The van der Waals surface area contributed by atoms with Crippen molar-refractivity contribution in [2.75, 3.05) is 0 Å². The van der Waals surface area contributed by atoms with Crippen molar-refractivity contribution in [3.8, 4) is 5.69 Å². The summed E-state index contributed by atoms with van der Waals surface area (Å²) in [4.78, 5) is 3.94. The summed E-state index contributed by atoms with van der Waals surface area (Å²) in [6.45, 7) is 0. The molecule has 1 fully saturated rings. The Labute approximate surface area is 172 Å². The molecule has 2 N–H and O–H groups in total. The summed E-state index contributed by atoms with van der Waals surface area (Å²) in [7, 11) is 0. The molecule has 154 valence electrons. The number of aromatic nitrogens is 3. The van der Waals surface area contributed by atoms with Crippen LogP contribution in [0, 0.1) is 17.6 Å². The maximum atomic E-state index is 14.0. The van der Waals surface area contributed by atoms with Gasteiger partial charge in [-0.2, -0.15) is 5.10 Å². The molecule has 0 saturated heterocycles. The number of hydrogen-bond acceptors (Lipinski definition) is 4. The highest BCUT2D eigenvalue weighted by Crippen LogP contribution is 2.49. The van der Waals surface area contributed by atoms with Gasteiger partial charge < -0.3 is 10.2 Å². The van der Waals surface area contributed by atoms with Gasteiger partial charge in [-0.05, 0) is 67.3 Å². The van der Waals surface area contributed by atoms with E-state index in [4.69, 9.17) is 0 Å². The van der Waals surface area contributed by atoms with Gasteiger partial charge in [0.25, 0.3) is 0 Å².